The van der Waals surface area contributed by atoms with Gasteiger partial charge in [0, 0.05) is 35.9 Å². The quantitative estimate of drug-likeness (QED) is 0.296. The Morgan fingerprint density at radius 1 is 1.18 bits per heavy atom. The van der Waals surface area contributed by atoms with Gasteiger partial charge in [-0.15, -0.1) is 6.58 Å². The lowest BCUT2D eigenvalue weighted by molar-refractivity contribution is -0.136. The fraction of sp³-hybridized carbons (Fsp3) is 0.333. The molecule has 2 bridgehead atoms. The van der Waals surface area contributed by atoms with Crippen LogP contribution in [0.1, 0.15) is 25.3 Å². The highest BCUT2D eigenvalue weighted by atomic mass is 35.5. The number of fused-ring (bicyclic) bond motifs is 6. The average Bonchev–Trinajstić information content (AvgIpc) is 3.49. The van der Waals surface area contributed by atoms with Gasteiger partial charge in [-0.2, -0.15) is 5.26 Å². The van der Waals surface area contributed by atoms with Crippen LogP contribution in [-0.2, 0) is 19.1 Å². The molecule has 2 amide bonds. The smallest absolute Gasteiger partial charge is 0.240 e. The van der Waals surface area contributed by atoms with Crippen LogP contribution in [0.15, 0.2) is 67.4 Å². The molecule has 5 atom stereocenters. The maximum Gasteiger partial charge on any atom is 0.240 e. The molecule has 2 aromatic carbocycles. The molecule has 3 aliphatic rings. The standard InChI is InChI=1S/C30H26ClN3O5/c1-3-13-37-23-15-30(12-14-38-24-11-9-19(31)17-33-24)26-25(29(23,2)39-30)27(35)34(28(26)36)22-10-8-18(16-32)20-6-4-5-7-21(20)22/h3-11,17,23,25-26H,1,12-15H2,2H3/t23-,25-,26+,29-,30+/m0/s1. The van der Waals surface area contributed by atoms with Gasteiger partial charge in [-0.1, -0.05) is 41.9 Å². The SMILES string of the molecule is C=CCO[C@H]1C[C@@]2(CCOc3ccc(Cl)cn3)O[C@]1(C)[C@@H]1C(=O)N(c3ccc(C#N)c4ccccc34)C(=O)[C@@H]12. The first-order valence-electron chi connectivity index (χ1n) is 12.8. The van der Waals surface area contributed by atoms with Crippen LogP contribution in [0, 0.1) is 23.2 Å². The first kappa shape index (κ1) is 25.5. The van der Waals surface area contributed by atoms with Crippen LogP contribution >= 0.6 is 11.6 Å². The summed E-state index contributed by atoms with van der Waals surface area (Å²) in [5.41, 5.74) is -1.01. The molecule has 1 aromatic heterocycles. The molecule has 0 spiro atoms. The number of hydrogen-bond acceptors (Lipinski definition) is 7. The van der Waals surface area contributed by atoms with Crippen molar-refractivity contribution in [2.45, 2.75) is 37.1 Å². The second-order valence-electron chi connectivity index (χ2n) is 10.3. The third-order valence-corrected chi connectivity index (χ3v) is 8.46. The van der Waals surface area contributed by atoms with E-state index in [4.69, 9.17) is 25.8 Å². The van der Waals surface area contributed by atoms with Crippen molar-refractivity contribution in [1.82, 2.24) is 4.98 Å². The Hall–Kier alpha value is -3.77. The predicted octanol–water partition coefficient (Wildman–Crippen LogP) is 4.84. The molecule has 39 heavy (non-hydrogen) atoms. The van der Waals surface area contributed by atoms with Crippen molar-refractivity contribution in [3.8, 4) is 11.9 Å². The normalized spacial score (nSPS) is 29.1. The predicted molar refractivity (Wildman–Crippen MR) is 144 cm³/mol. The second-order valence-corrected chi connectivity index (χ2v) is 10.8. The lowest BCUT2D eigenvalue weighted by Gasteiger charge is -2.35. The van der Waals surface area contributed by atoms with Crippen LogP contribution < -0.4 is 9.64 Å². The number of amides is 2. The van der Waals surface area contributed by atoms with Gasteiger partial charge in [-0.05, 0) is 25.1 Å². The van der Waals surface area contributed by atoms with Crippen molar-refractivity contribution in [1.29, 1.82) is 5.26 Å². The molecule has 6 rings (SSSR count). The number of aromatic nitrogens is 1. The Balaban J connectivity index is 1.37. The second kappa shape index (κ2) is 9.45. The van der Waals surface area contributed by atoms with Crippen molar-refractivity contribution < 1.29 is 23.8 Å². The van der Waals surface area contributed by atoms with Crippen LogP contribution in [0.3, 0.4) is 0 Å². The number of carbonyl (C=O) groups is 2. The number of benzene rings is 2. The Kier molecular flexibility index (Phi) is 6.18. The lowest BCUT2D eigenvalue weighted by Crippen LogP contribution is -2.50. The third-order valence-electron chi connectivity index (χ3n) is 8.24. The largest absolute Gasteiger partial charge is 0.478 e. The summed E-state index contributed by atoms with van der Waals surface area (Å²) < 4.78 is 18.6. The molecule has 0 saturated carbocycles. The molecular weight excluding hydrogens is 518 g/mol. The van der Waals surface area contributed by atoms with Crippen molar-refractivity contribution in [3.63, 3.8) is 0 Å². The van der Waals surface area contributed by atoms with E-state index in [9.17, 15) is 14.9 Å². The van der Waals surface area contributed by atoms with Gasteiger partial charge in [0.25, 0.3) is 0 Å². The zero-order chi connectivity index (χ0) is 27.4. The zero-order valence-corrected chi connectivity index (χ0v) is 22.1. The topological polar surface area (TPSA) is 102 Å². The fourth-order valence-electron chi connectivity index (χ4n) is 6.60. The van der Waals surface area contributed by atoms with E-state index < -0.39 is 29.1 Å². The molecule has 3 fully saturated rings. The van der Waals surface area contributed by atoms with Crippen LogP contribution in [0.4, 0.5) is 5.69 Å². The van der Waals surface area contributed by atoms with Gasteiger partial charge in [0.2, 0.25) is 17.7 Å². The van der Waals surface area contributed by atoms with E-state index in [1.807, 2.05) is 31.2 Å². The van der Waals surface area contributed by atoms with Gasteiger partial charge < -0.3 is 14.2 Å². The summed E-state index contributed by atoms with van der Waals surface area (Å²) in [5, 5.41) is 11.5. The maximum absolute atomic E-state index is 14.2. The number of ether oxygens (including phenoxy) is 3. The number of rotatable bonds is 8. The lowest BCUT2D eigenvalue weighted by atomic mass is 9.66. The molecule has 0 aliphatic carbocycles. The minimum absolute atomic E-state index is 0.226. The van der Waals surface area contributed by atoms with E-state index >= 15 is 0 Å². The molecular formula is C30H26ClN3O5. The highest BCUT2D eigenvalue weighted by Crippen LogP contribution is 2.63. The number of nitrogens with zero attached hydrogens (tertiary/aromatic N) is 3. The maximum atomic E-state index is 14.2. The minimum atomic E-state index is -1.00. The molecule has 0 radical (unpaired) electrons. The third kappa shape index (κ3) is 3.84. The number of halogens is 1. The van der Waals surface area contributed by atoms with Crippen molar-refractivity contribution in [2.75, 3.05) is 18.1 Å². The summed E-state index contributed by atoms with van der Waals surface area (Å²) in [5.74, 6) is -1.65. The first-order chi connectivity index (χ1) is 18.8. The Morgan fingerprint density at radius 2 is 1.95 bits per heavy atom. The van der Waals surface area contributed by atoms with E-state index in [0.29, 0.717) is 52.4 Å². The molecule has 3 saturated heterocycles. The van der Waals surface area contributed by atoms with E-state index in [1.165, 1.54) is 11.1 Å². The number of anilines is 1. The summed E-state index contributed by atoms with van der Waals surface area (Å²) >= 11 is 5.93. The van der Waals surface area contributed by atoms with Crippen molar-refractivity contribution in [3.05, 3.63) is 78.0 Å². The van der Waals surface area contributed by atoms with Crippen LogP contribution in [0.2, 0.25) is 5.02 Å². The van der Waals surface area contributed by atoms with E-state index in [-0.39, 0.29) is 18.4 Å². The Morgan fingerprint density at radius 3 is 2.67 bits per heavy atom. The monoisotopic (exact) mass is 543 g/mol. The van der Waals surface area contributed by atoms with E-state index in [1.54, 1.807) is 30.3 Å². The molecule has 3 aromatic rings. The molecule has 4 heterocycles. The Labute approximate surface area is 230 Å². The minimum Gasteiger partial charge on any atom is -0.478 e. The van der Waals surface area contributed by atoms with Gasteiger partial charge in [0.1, 0.15) is 5.60 Å². The molecule has 0 N–H and O–H groups in total. The molecule has 0 unspecified atom stereocenters. The number of nitriles is 1. The number of carbonyl (C=O) groups excluding carboxylic acids is 2. The van der Waals surface area contributed by atoms with Gasteiger partial charge >= 0.3 is 0 Å². The van der Waals surface area contributed by atoms with Crippen LogP contribution in [-0.4, -0.2) is 47.3 Å². The van der Waals surface area contributed by atoms with Gasteiger partial charge in [-0.3, -0.25) is 9.59 Å². The van der Waals surface area contributed by atoms with Gasteiger partial charge in [-0.25, -0.2) is 9.88 Å². The molecule has 198 valence electrons. The van der Waals surface area contributed by atoms with Crippen molar-refractivity contribution in [2.24, 2.45) is 11.8 Å². The summed E-state index contributed by atoms with van der Waals surface area (Å²) in [6, 6.07) is 16.2. The van der Waals surface area contributed by atoms with Crippen molar-refractivity contribution >= 4 is 39.9 Å². The zero-order valence-electron chi connectivity index (χ0n) is 21.3. The highest BCUT2D eigenvalue weighted by Gasteiger charge is 2.77. The number of imide groups is 1. The summed E-state index contributed by atoms with van der Waals surface area (Å²) in [6.07, 6.45) is 3.56. The molecule has 3 aliphatic heterocycles. The molecule has 8 nitrogen and oxygen atoms in total. The number of pyridine rings is 1. The van der Waals surface area contributed by atoms with Gasteiger partial charge in [0.05, 0.1) is 59.1 Å². The van der Waals surface area contributed by atoms with E-state index in [0.717, 1.165) is 0 Å². The van der Waals surface area contributed by atoms with Crippen LogP contribution in [0.5, 0.6) is 5.88 Å². The van der Waals surface area contributed by atoms with Gasteiger partial charge in [0.15, 0.2) is 0 Å². The fourth-order valence-corrected chi connectivity index (χ4v) is 6.71. The molecule has 9 heteroatoms. The van der Waals surface area contributed by atoms with Crippen LogP contribution in [0.25, 0.3) is 10.8 Å². The highest BCUT2D eigenvalue weighted by molar-refractivity contribution is 6.30. The Bertz CT molecular complexity index is 1540. The summed E-state index contributed by atoms with van der Waals surface area (Å²) in [7, 11) is 0. The first-order valence-corrected chi connectivity index (χ1v) is 13.2. The summed E-state index contributed by atoms with van der Waals surface area (Å²) in [6.45, 7) is 6.13. The summed E-state index contributed by atoms with van der Waals surface area (Å²) in [4.78, 5) is 33.7. The average molecular weight is 544 g/mol. The number of hydrogen-bond donors (Lipinski definition) is 0. The van der Waals surface area contributed by atoms with E-state index in [2.05, 4.69) is 17.6 Å².